The van der Waals surface area contributed by atoms with Gasteiger partial charge in [0.25, 0.3) is 0 Å². The van der Waals surface area contributed by atoms with Crippen LogP contribution < -0.4 is 0 Å². The predicted octanol–water partition coefficient (Wildman–Crippen LogP) is 4.90. The minimum Gasteiger partial charge on any atom is -0.288 e. The highest BCUT2D eigenvalue weighted by atomic mass is 35.5. The maximum absolute atomic E-state index is 12.2. The molecule has 0 saturated carbocycles. The third-order valence-electron chi connectivity index (χ3n) is 2.63. The molecule has 4 heteroatoms. The quantitative estimate of drug-likeness (QED) is 0.717. The minimum absolute atomic E-state index is 0.0741. The van der Waals surface area contributed by atoms with Crippen LogP contribution in [0.4, 0.5) is 0 Å². The van der Waals surface area contributed by atoms with E-state index in [2.05, 4.69) is 0 Å². The highest BCUT2D eigenvalue weighted by Crippen LogP contribution is 2.28. The molecule has 0 aliphatic heterocycles. The van der Waals surface area contributed by atoms with Crippen LogP contribution in [0.3, 0.4) is 0 Å². The molecule has 88 valence electrons. The van der Waals surface area contributed by atoms with Gasteiger partial charge in [-0.15, -0.1) is 11.3 Å². The average Bonchev–Trinajstić information content (AvgIpc) is 2.69. The number of hydrogen-bond donors (Lipinski definition) is 0. The lowest BCUT2D eigenvalue weighted by Crippen LogP contribution is -2.01. The van der Waals surface area contributed by atoms with Gasteiger partial charge in [-0.2, -0.15) is 0 Å². The van der Waals surface area contributed by atoms with E-state index in [0.29, 0.717) is 19.8 Å². The second-order valence-corrected chi connectivity index (χ2v) is 5.97. The summed E-state index contributed by atoms with van der Waals surface area (Å²) in [5, 5.41) is 0.489. The number of hydrogen-bond acceptors (Lipinski definition) is 2. The highest BCUT2D eigenvalue weighted by molar-refractivity contribution is 7.18. The molecule has 1 nitrogen and oxygen atoms in total. The number of carbonyl (C=O) groups is 1. The first-order valence-electron chi connectivity index (χ1n) is 5.06. The summed E-state index contributed by atoms with van der Waals surface area (Å²) >= 11 is 13.2. The Balaban J connectivity index is 2.47. The monoisotopic (exact) mass is 284 g/mol. The van der Waals surface area contributed by atoms with Crippen molar-refractivity contribution in [3.8, 4) is 0 Å². The Labute approximate surface area is 114 Å². The van der Waals surface area contributed by atoms with Gasteiger partial charge < -0.3 is 0 Å². The molecule has 0 bridgehead atoms. The van der Waals surface area contributed by atoms with Crippen molar-refractivity contribution in [3.05, 3.63) is 55.2 Å². The van der Waals surface area contributed by atoms with Gasteiger partial charge in [-0.05, 0) is 49.2 Å². The zero-order valence-electron chi connectivity index (χ0n) is 9.38. The molecular weight excluding hydrogens is 275 g/mol. The number of carbonyl (C=O) groups excluding carboxylic acids is 1. The standard InChI is InChI=1S/C13H10Cl2OS/c1-7-5-9(10(14)6-8(7)2)13(16)11-3-4-12(15)17-11/h3-6H,1-2H3. The van der Waals surface area contributed by atoms with Crippen molar-refractivity contribution in [2.24, 2.45) is 0 Å². The Kier molecular flexibility index (Phi) is 3.57. The van der Waals surface area contributed by atoms with E-state index in [1.165, 1.54) is 11.3 Å². The molecule has 1 aromatic carbocycles. The van der Waals surface area contributed by atoms with Crippen molar-refractivity contribution in [1.29, 1.82) is 0 Å². The molecule has 2 rings (SSSR count). The third-order valence-corrected chi connectivity index (χ3v) is 4.17. The highest BCUT2D eigenvalue weighted by Gasteiger charge is 2.15. The molecule has 0 aliphatic carbocycles. The van der Waals surface area contributed by atoms with Crippen molar-refractivity contribution < 1.29 is 4.79 Å². The molecule has 0 amide bonds. The largest absolute Gasteiger partial charge is 0.288 e. The first kappa shape index (κ1) is 12.6. The van der Waals surface area contributed by atoms with E-state index in [-0.39, 0.29) is 5.78 Å². The van der Waals surface area contributed by atoms with Crippen LogP contribution in [0.1, 0.15) is 26.4 Å². The van der Waals surface area contributed by atoms with Gasteiger partial charge in [-0.25, -0.2) is 0 Å². The molecule has 0 saturated heterocycles. The average molecular weight is 285 g/mol. The predicted molar refractivity (Wildman–Crippen MR) is 73.7 cm³/mol. The Morgan fingerprint density at radius 1 is 1.12 bits per heavy atom. The minimum atomic E-state index is -0.0741. The maximum Gasteiger partial charge on any atom is 0.204 e. The van der Waals surface area contributed by atoms with Gasteiger partial charge in [0.05, 0.1) is 14.2 Å². The van der Waals surface area contributed by atoms with Gasteiger partial charge in [0.2, 0.25) is 5.78 Å². The van der Waals surface area contributed by atoms with Gasteiger partial charge in [-0.1, -0.05) is 23.2 Å². The number of rotatable bonds is 2. The Bertz CT molecular complexity index is 587. The van der Waals surface area contributed by atoms with E-state index in [1.54, 1.807) is 12.1 Å². The Morgan fingerprint density at radius 2 is 1.76 bits per heavy atom. The molecule has 0 spiro atoms. The summed E-state index contributed by atoms with van der Waals surface area (Å²) in [5.74, 6) is -0.0741. The Morgan fingerprint density at radius 3 is 2.35 bits per heavy atom. The summed E-state index contributed by atoms with van der Waals surface area (Å²) in [5.41, 5.74) is 2.67. The van der Waals surface area contributed by atoms with Crippen LogP contribution in [0.25, 0.3) is 0 Å². The van der Waals surface area contributed by atoms with Gasteiger partial charge in [-0.3, -0.25) is 4.79 Å². The van der Waals surface area contributed by atoms with Gasteiger partial charge in [0.15, 0.2) is 0 Å². The van der Waals surface area contributed by atoms with Gasteiger partial charge in [0.1, 0.15) is 0 Å². The molecule has 0 aliphatic rings. The van der Waals surface area contributed by atoms with E-state index < -0.39 is 0 Å². The van der Waals surface area contributed by atoms with Gasteiger partial charge >= 0.3 is 0 Å². The molecule has 0 fully saturated rings. The molecular formula is C13H10Cl2OS. The van der Waals surface area contributed by atoms with E-state index in [4.69, 9.17) is 23.2 Å². The van der Waals surface area contributed by atoms with Crippen LogP contribution in [0.2, 0.25) is 9.36 Å². The van der Waals surface area contributed by atoms with Crippen LogP contribution >= 0.6 is 34.5 Å². The summed E-state index contributed by atoms with van der Waals surface area (Å²) in [4.78, 5) is 12.8. The molecule has 1 heterocycles. The second-order valence-electron chi connectivity index (χ2n) is 3.85. The van der Waals surface area contributed by atoms with Crippen molar-refractivity contribution in [1.82, 2.24) is 0 Å². The number of ketones is 1. The lowest BCUT2D eigenvalue weighted by Gasteiger charge is -2.06. The van der Waals surface area contributed by atoms with Crippen LogP contribution in [0, 0.1) is 13.8 Å². The number of benzene rings is 1. The number of halogens is 2. The SMILES string of the molecule is Cc1cc(Cl)c(C(=O)c2ccc(Cl)s2)cc1C. The topological polar surface area (TPSA) is 17.1 Å². The fourth-order valence-electron chi connectivity index (χ4n) is 1.52. The van der Waals surface area contributed by atoms with E-state index in [1.807, 2.05) is 26.0 Å². The van der Waals surface area contributed by atoms with Crippen LogP contribution in [0.5, 0.6) is 0 Å². The van der Waals surface area contributed by atoms with Crippen molar-refractivity contribution >= 4 is 40.3 Å². The zero-order valence-corrected chi connectivity index (χ0v) is 11.7. The van der Waals surface area contributed by atoms with Crippen molar-refractivity contribution in [2.75, 3.05) is 0 Å². The summed E-state index contributed by atoms with van der Waals surface area (Å²) < 4.78 is 0.605. The van der Waals surface area contributed by atoms with E-state index in [9.17, 15) is 4.79 Å². The number of aryl methyl sites for hydroxylation is 2. The van der Waals surface area contributed by atoms with Crippen LogP contribution in [0.15, 0.2) is 24.3 Å². The molecule has 2 aromatic rings. The summed E-state index contributed by atoms with van der Waals surface area (Å²) in [7, 11) is 0. The zero-order chi connectivity index (χ0) is 12.6. The van der Waals surface area contributed by atoms with Crippen LogP contribution in [-0.2, 0) is 0 Å². The van der Waals surface area contributed by atoms with Gasteiger partial charge in [0, 0.05) is 5.56 Å². The molecule has 0 atom stereocenters. The van der Waals surface area contributed by atoms with Crippen molar-refractivity contribution in [3.63, 3.8) is 0 Å². The first-order chi connectivity index (χ1) is 7.99. The summed E-state index contributed by atoms with van der Waals surface area (Å²) in [6, 6.07) is 7.09. The molecule has 0 N–H and O–H groups in total. The lowest BCUT2D eigenvalue weighted by molar-refractivity contribution is 0.104. The molecule has 17 heavy (non-hydrogen) atoms. The lowest BCUT2D eigenvalue weighted by atomic mass is 10.0. The molecule has 0 radical (unpaired) electrons. The van der Waals surface area contributed by atoms with E-state index in [0.717, 1.165) is 11.1 Å². The van der Waals surface area contributed by atoms with Crippen molar-refractivity contribution in [2.45, 2.75) is 13.8 Å². The van der Waals surface area contributed by atoms with E-state index >= 15 is 0 Å². The third kappa shape index (κ3) is 2.54. The maximum atomic E-state index is 12.2. The summed E-state index contributed by atoms with van der Waals surface area (Å²) in [6.45, 7) is 3.93. The Hall–Kier alpha value is -0.830. The molecule has 0 unspecified atom stereocenters. The van der Waals surface area contributed by atoms with Crippen LogP contribution in [-0.4, -0.2) is 5.78 Å². The summed E-state index contributed by atoms with van der Waals surface area (Å²) in [6.07, 6.45) is 0. The molecule has 1 aromatic heterocycles. The smallest absolute Gasteiger partial charge is 0.204 e. The first-order valence-corrected chi connectivity index (χ1v) is 6.63. The second kappa shape index (κ2) is 4.81. The number of thiophene rings is 1. The fourth-order valence-corrected chi connectivity index (χ4v) is 2.83. The fraction of sp³-hybridized carbons (Fsp3) is 0.154. The normalized spacial score (nSPS) is 10.6.